The molecule has 0 spiro atoms. The van der Waals surface area contributed by atoms with Crippen LogP contribution in [0.3, 0.4) is 0 Å². The second-order valence-electron chi connectivity index (χ2n) is 4.22. The van der Waals surface area contributed by atoms with Crippen LogP contribution in [0.5, 0.6) is 11.5 Å². The maximum atomic E-state index is 5.76. The van der Waals surface area contributed by atoms with Crippen LogP contribution in [0.1, 0.15) is 27.7 Å². The second kappa shape index (κ2) is 10.8. The smallest absolute Gasteiger partial charge is 0.380 e. The van der Waals surface area contributed by atoms with Gasteiger partial charge >= 0.3 is 13.4 Å². The zero-order valence-corrected chi connectivity index (χ0v) is 17.7. The van der Waals surface area contributed by atoms with Crippen molar-refractivity contribution in [1.29, 1.82) is 0 Å². The van der Waals surface area contributed by atoms with Crippen LogP contribution in [0.25, 0.3) is 0 Å². The Kier molecular flexibility index (Phi) is 9.94. The Labute approximate surface area is 154 Å². The Morgan fingerprint density at radius 2 is 1.04 bits per heavy atom. The molecule has 6 nitrogen and oxygen atoms in total. The van der Waals surface area contributed by atoms with Gasteiger partial charge in [0, 0.05) is 29.7 Å². The summed E-state index contributed by atoms with van der Waals surface area (Å²) in [7, 11) is 0. The SMILES string of the molecule is CCOP(=S)(OCC)Oc1cccc(OP(=S)(OCC)OCC)c1. The van der Waals surface area contributed by atoms with Gasteiger partial charge in [0.15, 0.2) is 0 Å². The van der Waals surface area contributed by atoms with Crippen molar-refractivity contribution in [3.05, 3.63) is 24.3 Å². The first kappa shape index (κ1) is 22.0. The third kappa shape index (κ3) is 7.46. The predicted molar refractivity (Wildman–Crippen MR) is 103 cm³/mol. The molecule has 1 aromatic carbocycles. The average Bonchev–Trinajstić information content (AvgIpc) is 2.47. The van der Waals surface area contributed by atoms with Gasteiger partial charge in [0.2, 0.25) is 0 Å². The lowest BCUT2D eigenvalue weighted by Crippen LogP contribution is -2.03. The van der Waals surface area contributed by atoms with Crippen LogP contribution < -0.4 is 9.05 Å². The summed E-state index contributed by atoms with van der Waals surface area (Å²) < 4.78 is 33.4. The molecule has 1 aromatic rings. The maximum Gasteiger partial charge on any atom is 0.380 e. The predicted octanol–water partition coefficient (Wildman–Crippen LogP) is 5.04. The van der Waals surface area contributed by atoms with E-state index >= 15 is 0 Å². The van der Waals surface area contributed by atoms with Crippen molar-refractivity contribution in [1.82, 2.24) is 0 Å². The van der Waals surface area contributed by atoms with Gasteiger partial charge in [-0.2, -0.15) is 0 Å². The van der Waals surface area contributed by atoms with E-state index in [0.29, 0.717) is 37.9 Å². The van der Waals surface area contributed by atoms with Gasteiger partial charge in [-0.3, -0.25) is 18.1 Å². The summed E-state index contributed by atoms with van der Waals surface area (Å²) in [5.74, 6) is 0.958. The van der Waals surface area contributed by atoms with Crippen molar-refractivity contribution >= 4 is 37.1 Å². The first-order chi connectivity index (χ1) is 11.4. The Hall–Kier alpha value is -0.0400. The van der Waals surface area contributed by atoms with E-state index in [4.69, 9.17) is 50.8 Å². The molecule has 0 fully saturated rings. The molecule has 10 heteroatoms. The molecule has 0 aliphatic carbocycles. The van der Waals surface area contributed by atoms with Crippen LogP contribution in [0, 0.1) is 0 Å². The second-order valence-corrected chi connectivity index (χ2v) is 10.1. The number of rotatable bonds is 12. The Morgan fingerprint density at radius 3 is 1.33 bits per heavy atom. The van der Waals surface area contributed by atoms with Gasteiger partial charge in [0.1, 0.15) is 11.5 Å². The number of hydrogen-bond acceptors (Lipinski definition) is 8. The Bertz CT molecular complexity index is 531. The van der Waals surface area contributed by atoms with Crippen LogP contribution in [0.2, 0.25) is 0 Å². The van der Waals surface area contributed by atoms with Crippen LogP contribution >= 0.6 is 13.4 Å². The summed E-state index contributed by atoms with van der Waals surface area (Å²) in [6.45, 7) is 3.29. The normalized spacial score (nSPS) is 12.2. The molecule has 0 saturated carbocycles. The van der Waals surface area contributed by atoms with Crippen molar-refractivity contribution in [2.75, 3.05) is 26.4 Å². The molecular formula is C14H24O6P2S2. The highest BCUT2D eigenvalue weighted by Gasteiger charge is 2.23. The van der Waals surface area contributed by atoms with Gasteiger partial charge in [0.25, 0.3) is 0 Å². The number of hydrogen-bond donors (Lipinski definition) is 0. The molecule has 0 amide bonds. The van der Waals surface area contributed by atoms with E-state index in [1.165, 1.54) is 0 Å². The fourth-order valence-electron chi connectivity index (χ4n) is 1.66. The summed E-state index contributed by atoms with van der Waals surface area (Å²) >= 11 is 10.7. The summed E-state index contributed by atoms with van der Waals surface area (Å²) in [4.78, 5) is 0. The fourth-order valence-corrected chi connectivity index (χ4v) is 5.81. The van der Waals surface area contributed by atoms with E-state index in [9.17, 15) is 0 Å². The quantitative estimate of drug-likeness (QED) is 0.441. The Balaban J connectivity index is 2.93. The lowest BCUT2D eigenvalue weighted by Gasteiger charge is -2.23. The van der Waals surface area contributed by atoms with E-state index in [-0.39, 0.29) is 0 Å². The topological polar surface area (TPSA) is 55.4 Å². The van der Waals surface area contributed by atoms with Crippen molar-refractivity contribution in [2.24, 2.45) is 0 Å². The first-order valence-electron chi connectivity index (χ1n) is 7.67. The summed E-state index contributed by atoms with van der Waals surface area (Å²) in [6, 6.07) is 6.92. The highest BCUT2D eigenvalue weighted by atomic mass is 32.5. The van der Waals surface area contributed by atoms with Gasteiger partial charge in [-0.1, -0.05) is 6.07 Å². The largest absolute Gasteiger partial charge is 0.424 e. The third-order valence-electron chi connectivity index (χ3n) is 2.39. The first-order valence-corrected chi connectivity index (χ1v) is 12.8. The minimum absolute atomic E-state index is 0.406. The van der Waals surface area contributed by atoms with Gasteiger partial charge in [-0.25, -0.2) is 0 Å². The molecule has 0 N–H and O–H groups in total. The molecule has 0 heterocycles. The van der Waals surface area contributed by atoms with E-state index in [0.717, 1.165) is 0 Å². The van der Waals surface area contributed by atoms with Crippen molar-refractivity contribution in [3.8, 4) is 11.5 Å². The highest BCUT2D eigenvalue weighted by molar-refractivity contribution is 8.08. The minimum atomic E-state index is -2.84. The van der Waals surface area contributed by atoms with Gasteiger partial charge in [-0.05, 0) is 39.8 Å². The van der Waals surface area contributed by atoms with Crippen LogP contribution in [0.4, 0.5) is 0 Å². The summed E-state index contributed by atoms with van der Waals surface area (Å²) in [5, 5.41) is 0. The molecule has 0 bridgehead atoms. The molecule has 1 rings (SSSR count). The minimum Gasteiger partial charge on any atom is -0.424 e. The van der Waals surface area contributed by atoms with Crippen LogP contribution in [-0.4, -0.2) is 26.4 Å². The molecule has 0 atom stereocenters. The third-order valence-corrected chi connectivity index (χ3v) is 7.27. The molecule has 0 radical (unpaired) electrons. The standard InChI is InChI=1S/C14H24O6P2S2/c1-5-15-21(23,16-6-2)19-13-10-9-11-14(12-13)20-22(24,17-7-3)18-8-4/h9-12H,5-8H2,1-4H3. The molecule has 0 aliphatic heterocycles. The van der Waals surface area contributed by atoms with E-state index in [1.807, 2.05) is 27.7 Å². The zero-order valence-electron chi connectivity index (χ0n) is 14.3. The summed E-state index contributed by atoms with van der Waals surface area (Å²) in [5.41, 5.74) is 0. The number of benzene rings is 1. The molecule has 24 heavy (non-hydrogen) atoms. The highest BCUT2D eigenvalue weighted by Crippen LogP contribution is 2.52. The lowest BCUT2D eigenvalue weighted by molar-refractivity contribution is 0.216. The van der Waals surface area contributed by atoms with Crippen molar-refractivity contribution in [2.45, 2.75) is 27.7 Å². The van der Waals surface area contributed by atoms with Crippen molar-refractivity contribution in [3.63, 3.8) is 0 Å². The monoisotopic (exact) mass is 414 g/mol. The zero-order chi connectivity index (χ0) is 18.1. The Morgan fingerprint density at radius 1 is 0.708 bits per heavy atom. The molecule has 0 aliphatic rings. The van der Waals surface area contributed by atoms with Gasteiger partial charge < -0.3 is 9.05 Å². The lowest BCUT2D eigenvalue weighted by atomic mass is 10.3. The van der Waals surface area contributed by atoms with Gasteiger partial charge in [0.05, 0.1) is 26.4 Å². The molecule has 138 valence electrons. The maximum absolute atomic E-state index is 5.76. The van der Waals surface area contributed by atoms with E-state index < -0.39 is 13.4 Å². The fraction of sp³-hybridized carbons (Fsp3) is 0.571. The van der Waals surface area contributed by atoms with Crippen LogP contribution in [-0.2, 0) is 41.7 Å². The molecular weight excluding hydrogens is 390 g/mol. The van der Waals surface area contributed by atoms with Gasteiger partial charge in [-0.15, -0.1) is 0 Å². The molecule has 0 unspecified atom stereocenters. The van der Waals surface area contributed by atoms with Crippen molar-refractivity contribution < 1.29 is 27.1 Å². The molecule has 0 aromatic heterocycles. The van der Waals surface area contributed by atoms with Crippen LogP contribution in [0.15, 0.2) is 24.3 Å². The van der Waals surface area contributed by atoms with E-state index in [1.54, 1.807) is 24.3 Å². The van der Waals surface area contributed by atoms with E-state index in [2.05, 4.69) is 0 Å². The average molecular weight is 414 g/mol. The molecule has 0 saturated heterocycles. The summed E-state index contributed by atoms with van der Waals surface area (Å²) in [6.07, 6.45) is 0.